The van der Waals surface area contributed by atoms with Gasteiger partial charge < -0.3 is 15.0 Å². The number of hydrogen-bond acceptors (Lipinski definition) is 7. The van der Waals surface area contributed by atoms with Crippen LogP contribution >= 0.6 is 11.8 Å². The standard InChI is InChI=1S/C11H13N5O2S/c1-3-18-10(17)8-4-7(12)5-13-9(8)19-11-15-14-6-16(11)2/h4-6H,3,12H2,1-2H3. The Labute approximate surface area is 114 Å². The van der Waals surface area contributed by atoms with Crippen molar-refractivity contribution in [1.82, 2.24) is 19.7 Å². The molecule has 2 aromatic rings. The maximum Gasteiger partial charge on any atom is 0.340 e. The molecule has 2 aromatic heterocycles. The summed E-state index contributed by atoms with van der Waals surface area (Å²) in [5.74, 6) is -0.452. The van der Waals surface area contributed by atoms with Gasteiger partial charge in [-0.3, -0.25) is 0 Å². The van der Waals surface area contributed by atoms with Gasteiger partial charge in [-0.2, -0.15) is 0 Å². The van der Waals surface area contributed by atoms with E-state index in [4.69, 9.17) is 10.5 Å². The van der Waals surface area contributed by atoms with Gasteiger partial charge in [-0.1, -0.05) is 0 Å². The number of ether oxygens (including phenoxy) is 1. The Morgan fingerprint density at radius 2 is 2.37 bits per heavy atom. The van der Waals surface area contributed by atoms with E-state index in [0.29, 0.717) is 28.0 Å². The van der Waals surface area contributed by atoms with E-state index in [1.54, 1.807) is 23.9 Å². The number of anilines is 1. The first-order valence-corrected chi connectivity index (χ1v) is 6.38. The molecule has 0 bridgehead atoms. The third-order valence-electron chi connectivity index (χ3n) is 2.23. The Kier molecular flexibility index (Phi) is 4.00. The van der Waals surface area contributed by atoms with Crippen LogP contribution in [0.1, 0.15) is 17.3 Å². The van der Waals surface area contributed by atoms with Crippen LogP contribution in [-0.2, 0) is 11.8 Å². The SMILES string of the molecule is CCOC(=O)c1cc(N)cnc1Sc1nncn1C. The summed E-state index contributed by atoms with van der Waals surface area (Å²) in [6, 6.07) is 1.55. The minimum Gasteiger partial charge on any atom is -0.462 e. The van der Waals surface area contributed by atoms with E-state index in [2.05, 4.69) is 15.2 Å². The largest absolute Gasteiger partial charge is 0.462 e. The monoisotopic (exact) mass is 279 g/mol. The van der Waals surface area contributed by atoms with E-state index < -0.39 is 5.97 Å². The number of aromatic nitrogens is 4. The Bertz CT molecular complexity index is 599. The molecule has 100 valence electrons. The predicted molar refractivity (Wildman–Crippen MR) is 69.7 cm³/mol. The molecule has 0 spiro atoms. The lowest BCUT2D eigenvalue weighted by atomic mass is 10.3. The van der Waals surface area contributed by atoms with Gasteiger partial charge >= 0.3 is 5.97 Å². The average molecular weight is 279 g/mol. The second-order valence-electron chi connectivity index (χ2n) is 3.67. The second-order valence-corrected chi connectivity index (χ2v) is 4.62. The number of carbonyl (C=O) groups is 1. The highest BCUT2D eigenvalue weighted by Crippen LogP contribution is 2.28. The van der Waals surface area contributed by atoms with Gasteiger partial charge in [0.25, 0.3) is 0 Å². The molecule has 0 aliphatic heterocycles. The molecule has 0 aliphatic rings. The van der Waals surface area contributed by atoms with Gasteiger partial charge in [-0.05, 0) is 24.8 Å². The molecule has 0 saturated heterocycles. The maximum atomic E-state index is 11.9. The molecule has 0 amide bonds. The molecule has 2 rings (SSSR count). The van der Waals surface area contributed by atoms with E-state index >= 15 is 0 Å². The zero-order valence-electron chi connectivity index (χ0n) is 10.5. The summed E-state index contributed by atoms with van der Waals surface area (Å²) in [5.41, 5.74) is 6.39. The molecule has 0 radical (unpaired) electrons. The molecule has 0 fully saturated rings. The predicted octanol–water partition coefficient (Wildman–Crippen LogP) is 1.12. The average Bonchev–Trinajstić information content (AvgIpc) is 2.77. The summed E-state index contributed by atoms with van der Waals surface area (Å²) < 4.78 is 6.72. The Hall–Kier alpha value is -2.09. The van der Waals surface area contributed by atoms with Crippen molar-refractivity contribution in [3.8, 4) is 0 Å². The lowest BCUT2D eigenvalue weighted by molar-refractivity contribution is 0.0521. The summed E-state index contributed by atoms with van der Waals surface area (Å²) in [5, 5.41) is 8.82. The first-order chi connectivity index (χ1) is 9.11. The summed E-state index contributed by atoms with van der Waals surface area (Å²) in [7, 11) is 1.81. The second kappa shape index (κ2) is 5.70. The van der Waals surface area contributed by atoms with Crippen molar-refractivity contribution in [1.29, 1.82) is 0 Å². The summed E-state index contributed by atoms with van der Waals surface area (Å²) in [6.07, 6.45) is 3.06. The highest BCUT2D eigenvalue weighted by molar-refractivity contribution is 7.99. The molecule has 0 unspecified atom stereocenters. The van der Waals surface area contributed by atoms with Gasteiger partial charge in [0.2, 0.25) is 0 Å². The van der Waals surface area contributed by atoms with Crippen molar-refractivity contribution in [2.24, 2.45) is 7.05 Å². The maximum absolute atomic E-state index is 11.9. The summed E-state index contributed by atoms with van der Waals surface area (Å²) >= 11 is 1.23. The summed E-state index contributed by atoms with van der Waals surface area (Å²) in [4.78, 5) is 16.0. The highest BCUT2D eigenvalue weighted by atomic mass is 32.2. The van der Waals surface area contributed by atoms with Crippen LogP contribution in [0.15, 0.2) is 28.8 Å². The Morgan fingerprint density at radius 3 is 3.00 bits per heavy atom. The molecule has 19 heavy (non-hydrogen) atoms. The first kappa shape index (κ1) is 13.3. The first-order valence-electron chi connectivity index (χ1n) is 5.56. The number of nitrogen functional groups attached to an aromatic ring is 1. The van der Waals surface area contributed by atoms with Crippen LogP contribution < -0.4 is 5.73 Å². The van der Waals surface area contributed by atoms with Crippen LogP contribution in [-0.4, -0.2) is 32.3 Å². The van der Waals surface area contributed by atoms with Crippen molar-refractivity contribution < 1.29 is 9.53 Å². The molecule has 0 aromatic carbocycles. The van der Waals surface area contributed by atoms with Crippen molar-refractivity contribution in [3.63, 3.8) is 0 Å². The number of carbonyl (C=O) groups excluding carboxylic acids is 1. The topological polar surface area (TPSA) is 95.9 Å². The minimum absolute atomic E-state index is 0.293. The normalized spacial score (nSPS) is 10.4. The number of nitrogens with zero attached hydrogens (tertiary/aromatic N) is 4. The summed E-state index contributed by atoms with van der Waals surface area (Å²) in [6.45, 7) is 2.04. The number of esters is 1. The van der Waals surface area contributed by atoms with Gasteiger partial charge in [0.1, 0.15) is 11.4 Å². The van der Waals surface area contributed by atoms with Crippen molar-refractivity contribution in [2.75, 3.05) is 12.3 Å². The number of pyridine rings is 1. The van der Waals surface area contributed by atoms with Crippen LogP contribution in [0.3, 0.4) is 0 Å². The van der Waals surface area contributed by atoms with Crippen molar-refractivity contribution in [2.45, 2.75) is 17.1 Å². The lowest BCUT2D eigenvalue weighted by Gasteiger charge is -2.07. The smallest absolute Gasteiger partial charge is 0.340 e. The van der Waals surface area contributed by atoms with E-state index in [0.717, 1.165) is 0 Å². The van der Waals surface area contributed by atoms with Gasteiger partial charge in [0.05, 0.1) is 24.1 Å². The van der Waals surface area contributed by atoms with Gasteiger partial charge in [-0.25, -0.2) is 9.78 Å². The molecule has 7 nitrogen and oxygen atoms in total. The molecule has 0 saturated carbocycles. The third-order valence-corrected chi connectivity index (χ3v) is 3.30. The molecule has 2 heterocycles. The zero-order chi connectivity index (χ0) is 13.8. The lowest BCUT2D eigenvalue weighted by Crippen LogP contribution is -2.08. The minimum atomic E-state index is -0.452. The van der Waals surface area contributed by atoms with E-state index in [9.17, 15) is 4.79 Å². The molecular weight excluding hydrogens is 266 g/mol. The van der Waals surface area contributed by atoms with E-state index in [1.165, 1.54) is 18.0 Å². The van der Waals surface area contributed by atoms with Crippen molar-refractivity contribution in [3.05, 3.63) is 24.2 Å². The van der Waals surface area contributed by atoms with Gasteiger partial charge in [0.15, 0.2) is 5.16 Å². The molecule has 2 N–H and O–H groups in total. The Balaban J connectivity index is 2.34. The quantitative estimate of drug-likeness (QED) is 0.838. The van der Waals surface area contributed by atoms with E-state index in [-0.39, 0.29) is 0 Å². The third kappa shape index (κ3) is 3.02. The molecular formula is C11H13N5O2S. The zero-order valence-corrected chi connectivity index (χ0v) is 11.3. The van der Waals surface area contributed by atoms with Crippen LogP contribution in [0.4, 0.5) is 5.69 Å². The van der Waals surface area contributed by atoms with Gasteiger partial charge in [0, 0.05) is 7.05 Å². The molecule has 8 heteroatoms. The van der Waals surface area contributed by atoms with Crippen LogP contribution in [0, 0.1) is 0 Å². The number of hydrogen-bond donors (Lipinski definition) is 1. The number of rotatable bonds is 4. The van der Waals surface area contributed by atoms with Crippen molar-refractivity contribution >= 4 is 23.4 Å². The molecule has 0 atom stereocenters. The van der Waals surface area contributed by atoms with E-state index in [1.807, 2.05) is 7.05 Å². The Morgan fingerprint density at radius 1 is 1.58 bits per heavy atom. The number of nitrogens with two attached hydrogens (primary N) is 1. The highest BCUT2D eigenvalue weighted by Gasteiger charge is 2.17. The fourth-order valence-corrected chi connectivity index (χ4v) is 2.17. The number of aryl methyl sites for hydroxylation is 1. The fraction of sp³-hybridized carbons (Fsp3) is 0.273. The van der Waals surface area contributed by atoms with Crippen LogP contribution in [0.2, 0.25) is 0 Å². The molecule has 0 aliphatic carbocycles. The van der Waals surface area contributed by atoms with Gasteiger partial charge in [-0.15, -0.1) is 10.2 Å². The fourth-order valence-electron chi connectivity index (χ4n) is 1.36. The van der Waals surface area contributed by atoms with Crippen LogP contribution in [0.25, 0.3) is 0 Å². The van der Waals surface area contributed by atoms with Crippen LogP contribution in [0.5, 0.6) is 0 Å².